The third-order valence-corrected chi connectivity index (χ3v) is 6.03. The average molecular weight is 470 g/mol. The van der Waals surface area contributed by atoms with Crippen molar-refractivity contribution in [3.63, 3.8) is 0 Å². The minimum absolute atomic E-state index is 0.102. The topological polar surface area (TPSA) is 107 Å². The SMILES string of the molecule is COc1ccc(NC(=O)c2ccc(N3CCc4cc5ccc(OC)cc5nc43)cc2)c([N+](=O)[O-])c1. The number of nitrogens with one attached hydrogen (secondary N) is 1. The first-order chi connectivity index (χ1) is 17.0. The minimum Gasteiger partial charge on any atom is -0.497 e. The maximum atomic E-state index is 12.8. The van der Waals surface area contributed by atoms with Crippen molar-refractivity contribution in [2.45, 2.75) is 6.42 Å². The molecule has 0 spiro atoms. The van der Waals surface area contributed by atoms with Crippen molar-refractivity contribution in [2.75, 3.05) is 31.0 Å². The molecule has 0 aliphatic carbocycles. The number of nitro groups is 1. The van der Waals surface area contributed by atoms with E-state index in [4.69, 9.17) is 14.5 Å². The van der Waals surface area contributed by atoms with Gasteiger partial charge >= 0.3 is 0 Å². The first-order valence-electron chi connectivity index (χ1n) is 11.0. The molecule has 3 aromatic carbocycles. The van der Waals surface area contributed by atoms with Gasteiger partial charge in [0.25, 0.3) is 11.6 Å². The molecule has 0 saturated heterocycles. The van der Waals surface area contributed by atoms with Crippen LogP contribution in [0, 0.1) is 10.1 Å². The highest BCUT2D eigenvalue weighted by Gasteiger charge is 2.23. The van der Waals surface area contributed by atoms with Gasteiger partial charge in [0.15, 0.2) is 0 Å². The van der Waals surface area contributed by atoms with Gasteiger partial charge < -0.3 is 19.7 Å². The van der Waals surface area contributed by atoms with Crippen molar-refractivity contribution in [1.82, 2.24) is 4.98 Å². The molecule has 1 aliphatic rings. The molecule has 0 fully saturated rings. The smallest absolute Gasteiger partial charge is 0.296 e. The Kier molecular flexibility index (Phi) is 5.66. The molecule has 2 heterocycles. The zero-order chi connectivity index (χ0) is 24.5. The van der Waals surface area contributed by atoms with E-state index in [-0.39, 0.29) is 11.4 Å². The van der Waals surface area contributed by atoms with Gasteiger partial charge in [0.1, 0.15) is 23.0 Å². The van der Waals surface area contributed by atoms with Crippen LogP contribution in [0.1, 0.15) is 15.9 Å². The third kappa shape index (κ3) is 4.19. The molecule has 1 amide bonds. The van der Waals surface area contributed by atoms with Crippen molar-refractivity contribution in [2.24, 2.45) is 0 Å². The summed E-state index contributed by atoms with van der Waals surface area (Å²) in [6.07, 6.45) is 0.869. The molecule has 35 heavy (non-hydrogen) atoms. The van der Waals surface area contributed by atoms with Crippen LogP contribution in [0.15, 0.2) is 66.7 Å². The molecular formula is C26H22N4O5. The number of carbonyl (C=O) groups is 1. The van der Waals surface area contributed by atoms with Crippen molar-refractivity contribution < 1.29 is 19.2 Å². The minimum atomic E-state index is -0.557. The van der Waals surface area contributed by atoms with Crippen LogP contribution in [0.2, 0.25) is 0 Å². The van der Waals surface area contributed by atoms with Crippen LogP contribution in [0.5, 0.6) is 11.5 Å². The number of nitro benzene ring substituents is 1. The fourth-order valence-corrected chi connectivity index (χ4v) is 4.20. The van der Waals surface area contributed by atoms with E-state index in [1.54, 1.807) is 25.3 Å². The van der Waals surface area contributed by atoms with Gasteiger partial charge in [-0.15, -0.1) is 0 Å². The first-order valence-corrected chi connectivity index (χ1v) is 11.0. The number of methoxy groups -OCH3 is 2. The molecule has 4 aromatic rings. The summed E-state index contributed by atoms with van der Waals surface area (Å²) in [6.45, 7) is 0.777. The zero-order valence-corrected chi connectivity index (χ0v) is 19.1. The van der Waals surface area contributed by atoms with Gasteiger partial charge in [-0.2, -0.15) is 0 Å². The Morgan fingerprint density at radius 1 is 1.00 bits per heavy atom. The van der Waals surface area contributed by atoms with Crippen LogP contribution < -0.4 is 19.7 Å². The normalized spacial score (nSPS) is 12.3. The molecule has 1 N–H and O–H groups in total. The largest absolute Gasteiger partial charge is 0.497 e. The highest BCUT2D eigenvalue weighted by molar-refractivity contribution is 6.05. The second-order valence-corrected chi connectivity index (χ2v) is 8.07. The van der Waals surface area contributed by atoms with Crippen LogP contribution in [0.25, 0.3) is 10.9 Å². The maximum Gasteiger partial charge on any atom is 0.296 e. The number of pyridine rings is 1. The maximum absolute atomic E-state index is 12.8. The molecule has 9 heteroatoms. The lowest BCUT2D eigenvalue weighted by molar-refractivity contribution is -0.384. The number of ether oxygens (including phenoxy) is 2. The van der Waals surface area contributed by atoms with Crippen LogP contribution in [-0.2, 0) is 6.42 Å². The molecule has 1 aromatic heterocycles. The van der Waals surface area contributed by atoms with E-state index in [0.29, 0.717) is 11.3 Å². The summed E-state index contributed by atoms with van der Waals surface area (Å²) in [5, 5.41) is 15.1. The molecule has 0 radical (unpaired) electrons. The van der Waals surface area contributed by atoms with Gasteiger partial charge in [-0.25, -0.2) is 4.98 Å². The Balaban J connectivity index is 1.38. The van der Waals surface area contributed by atoms with E-state index >= 15 is 0 Å². The summed E-state index contributed by atoms with van der Waals surface area (Å²) in [7, 11) is 3.05. The number of amides is 1. The Labute approximate surface area is 201 Å². The monoisotopic (exact) mass is 470 g/mol. The number of rotatable bonds is 6. The van der Waals surface area contributed by atoms with Crippen molar-refractivity contribution >= 4 is 39.7 Å². The summed E-state index contributed by atoms with van der Waals surface area (Å²) in [5.41, 5.74) is 3.17. The number of hydrogen-bond acceptors (Lipinski definition) is 7. The third-order valence-electron chi connectivity index (χ3n) is 6.03. The molecule has 1 aliphatic heterocycles. The summed E-state index contributed by atoms with van der Waals surface area (Å²) in [5.74, 6) is 1.53. The second kappa shape index (κ2) is 8.94. The van der Waals surface area contributed by atoms with Crippen molar-refractivity contribution in [3.05, 3.63) is 88.0 Å². The Hall–Kier alpha value is -4.66. The number of anilines is 3. The van der Waals surface area contributed by atoms with Crippen LogP contribution >= 0.6 is 0 Å². The van der Waals surface area contributed by atoms with Crippen LogP contribution in [-0.4, -0.2) is 36.6 Å². The van der Waals surface area contributed by atoms with Gasteiger partial charge in [-0.3, -0.25) is 14.9 Å². The van der Waals surface area contributed by atoms with Gasteiger partial charge in [0.05, 0.1) is 30.7 Å². The highest BCUT2D eigenvalue weighted by atomic mass is 16.6. The summed E-state index contributed by atoms with van der Waals surface area (Å²) >= 11 is 0. The van der Waals surface area contributed by atoms with E-state index < -0.39 is 10.8 Å². The van der Waals surface area contributed by atoms with E-state index in [1.165, 1.54) is 19.2 Å². The number of hydrogen-bond donors (Lipinski definition) is 1. The standard InChI is InChI=1S/C26H22N4O5/c1-34-20-8-5-17-13-18-11-12-29(25(18)27-23(17)14-20)19-6-3-16(4-7-19)26(31)28-22-10-9-21(35-2)15-24(22)30(32)33/h3-10,13-15H,11-12H2,1-2H3,(H,28,31). The molecule has 0 bridgehead atoms. The van der Waals surface area contributed by atoms with Crippen LogP contribution in [0.4, 0.5) is 22.9 Å². The van der Waals surface area contributed by atoms with E-state index in [1.807, 2.05) is 30.3 Å². The highest BCUT2D eigenvalue weighted by Crippen LogP contribution is 2.36. The molecule has 9 nitrogen and oxygen atoms in total. The lowest BCUT2D eigenvalue weighted by Gasteiger charge is -2.19. The van der Waals surface area contributed by atoms with Gasteiger partial charge in [-0.05, 0) is 66.6 Å². The Morgan fingerprint density at radius 3 is 2.43 bits per heavy atom. The number of nitrogens with zero attached hydrogens (tertiary/aromatic N) is 3. The zero-order valence-electron chi connectivity index (χ0n) is 19.1. The van der Waals surface area contributed by atoms with Gasteiger partial charge in [-0.1, -0.05) is 0 Å². The number of carbonyl (C=O) groups excluding carboxylic acids is 1. The van der Waals surface area contributed by atoms with Crippen molar-refractivity contribution in [1.29, 1.82) is 0 Å². The van der Waals surface area contributed by atoms with Crippen LogP contribution in [0.3, 0.4) is 0 Å². The van der Waals surface area contributed by atoms with E-state index in [9.17, 15) is 14.9 Å². The fourth-order valence-electron chi connectivity index (χ4n) is 4.20. The molecule has 0 unspecified atom stereocenters. The number of benzene rings is 3. The molecule has 0 saturated carbocycles. The average Bonchev–Trinajstić information content (AvgIpc) is 3.29. The first kappa shape index (κ1) is 22.1. The predicted octanol–water partition coefficient (Wildman–Crippen LogP) is 5.11. The number of fused-ring (bicyclic) bond motifs is 2. The van der Waals surface area contributed by atoms with Crippen molar-refractivity contribution in [3.8, 4) is 11.5 Å². The number of aromatic nitrogens is 1. The predicted molar refractivity (Wildman–Crippen MR) is 133 cm³/mol. The quantitative estimate of drug-likeness (QED) is 0.308. The summed E-state index contributed by atoms with van der Waals surface area (Å²) in [4.78, 5) is 30.6. The van der Waals surface area contributed by atoms with E-state index in [2.05, 4.69) is 16.3 Å². The van der Waals surface area contributed by atoms with Gasteiger partial charge in [0, 0.05) is 29.2 Å². The van der Waals surface area contributed by atoms with Gasteiger partial charge in [0.2, 0.25) is 0 Å². The Bertz CT molecular complexity index is 1450. The summed E-state index contributed by atoms with van der Waals surface area (Å²) < 4.78 is 10.4. The molecule has 5 rings (SSSR count). The molecule has 176 valence electrons. The lowest BCUT2D eigenvalue weighted by atomic mass is 10.1. The second-order valence-electron chi connectivity index (χ2n) is 8.07. The molecular weight excluding hydrogens is 448 g/mol. The summed E-state index contributed by atoms with van der Waals surface area (Å²) in [6, 6.07) is 19.4. The lowest BCUT2D eigenvalue weighted by Crippen LogP contribution is -2.16. The Morgan fingerprint density at radius 2 is 1.71 bits per heavy atom. The molecule has 0 atom stereocenters. The van der Waals surface area contributed by atoms with E-state index in [0.717, 1.165) is 46.7 Å². The fraction of sp³-hybridized carbons (Fsp3) is 0.154.